The molecule has 0 spiro atoms. The summed E-state index contributed by atoms with van der Waals surface area (Å²) in [6, 6.07) is 15.8. The van der Waals surface area contributed by atoms with E-state index in [0.29, 0.717) is 40.3 Å². The number of aromatic nitrogens is 2. The highest BCUT2D eigenvalue weighted by atomic mass is 32.2. The van der Waals surface area contributed by atoms with E-state index in [0.717, 1.165) is 12.1 Å². The number of benzene rings is 3. The van der Waals surface area contributed by atoms with Gasteiger partial charge in [0.1, 0.15) is 5.82 Å². The van der Waals surface area contributed by atoms with Crippen LogP contribution < -0.4 is 5.32 Å². The number of hydrogen-bond acceptors (Lipinski definition) is 6. The monoisotopic (exact) mass is 545 g/mol. The molecule has 0 aliphatic carbocycles. The van der Waals surface area contributed by atoms with Crippen LogP contribution in [0.4, 0.5) is 18.9 Å². The third kappa shape index (κ3) is 5.12. The van der Waals surface area contributed by atoms with Crippen LogP contribution >= 0.6 is 0 Å². The molecule has 198 valence electrons. The molecule has 3 aromatic carbocycles. The molecule has 38 heavy (non-hydrogen) atoms. The SMILES string of the molecule is CCOC(=O)c1cccc(NC(=O)c2ccc(-c3nc4cc(S(=O)(=O)C(F)(F)F)ccc4n3CC)cc2)c1. The molecular formula is C26H22F3N3O5S. The number of aryl methyl sites for hydroxylation is 1. The number of anilines is 1. The van der Waals surface area contributed by atoms with E-state index in [1.807, 2.05) is 6.92 Å². The van der Waals surface area contributed by atoms with Crippen LogP contribution in [0.5, 0.6) is 0 Å². The van der Waals surface area contributed by atoms with E-state index in [-0.39, 0.29) is 12.1 Å². The first kappa shape index (κ1) is 26.9. The molecule has 0 unspecified atom stereocenters. The predicted octanol–water partition coefficient (Wildman–Crippen LogP) is 5.45. The van der Waals surface area contributed by atoms with Crippen LogP contribution in [0.1, 0.15) is 34.6 Å². The second kappa shape index (κ2) is 10.3. The van der Waals surface area contributed by atoms with Crippen LogP contribution in [0.25, 0.3) is 22.4 Å². The Morgan fingerprint density at radius 3 is 2.32 bits per heavy atom. The van der Waals surface area contributed by atoms with Crippen molar-refractivity contribution in [2.45, 2.75) is 30.8 Å². The molecule has 0 bridgehead atoms. The van der Waals surface area contributed by atoms with Gasteiger partial charge in [0.05, 0.1) is 28.1 Å². The van der Waals surface area contributed by atoms with Crippen LogP contribution in [0.2, 0.25) is 0 Å². The number of esters is 1. The third-order valence-electron chi connectivity index (χ3n) is 5.69. The number of rotatable bonds is 7. The van der Waals surface area contributed by atoms with E-state index < -0.39 is 32.1 Å². The molecule has 0 atom stereocenters. The van der Waals surface area contributed by atoms with E-state index in [4.69, 9.17) is 4.74 Å². The van der Waals surface area contributed by atoms with Gasteiger partial charge in [-0.3, -0.25) is 4.79 Å². The van der Waals surface area contributed by atoms with E-state index in [9.17, 15) is 31.2 Å². The van der Waals surface area contributed by atoms with Gasteiger partial charge in [-0.25, -0.2) is 18.2 Å². The number of carbonyl (C=O) groups is 2. The minimum absolute atomic E-state index is 0.0930. The number of carbonyl (C=O) groups excluding carboxylic acids is 2. The van der Waals surface area contributed by atoms with Gasteiger partial charge in [-0.15, -0.1) is 0 Å². The van der Waals surface area contributed by atoms with Gasteiger partial charge in [0, 0.05) is 23.4 Å². The summed E-state index contributed by atoms with van der Waals surface area (Å²) in [5.74, 6) is -0.531. The molecule has 1 N–H and O–H groups in total. The lowest BCUT2D eigenvalue weighted by atomic mass is 10.1. The molecule has 1 amide bonds. The minimum atomic E-state index is -5.51. The zero-order valence-corrected chi connectivity index (χ0v) is 21.1. The summed E-state index contributed by atoms with van der Waals surface area (Å²) in [6.07, 6.45) is 0. The van der Waals surface area contributed by atoms with Gasteiger partial charge >= 0.3 is 11.5 Å². The van der Waals surface area contributed by atoms with Gasteiger partial charge in [-0.1, -0.05) is 18.2 Å². The van der Waals surface area contributed by atoms with Gasteiger partial charge in [0.15, 0.2) is 0 Å². The molecule has 8 nitrogen and oxygen atoms in total. The smallest absolute Gasteiger partial charge is 0.462 e. The van der Waals surface area contributed by atoms with E-state index >= 15 is 0 Å². The maximum atomic E-state index is 13.0. The zero-order valence-electron chi connectivity index (χ0n) is 20.2. The first-order valence-electron chi connectivity index (χ1n) is 11.5. The third-order valence-corrected chi connectivity index (χ3v) is 7.17. The van der Waals surface area contributed by atoms with Crippen molar-refractivity contribution < 1.29 is 35.9 Å². The Bertz CT molecular complexity index is 1630. The van der Waals surface area contributed by atoms with Crippen molar-refractivity contribution in [1.29, 1.82) is 0 Å². The fraction of sp³-hybridized carbons (Fsp3) is 0.192. The Hall–Kier alpha value is -4.19. The first-order chi connectivity index (χ1) is 18.0. The fourth-order valence-corrected chi connectivity index (χ4v) is 4.64. The quantitative estimate of drug-likeness (QED) is 0.310. The number of nitrogens with one attached hydrogen (secondary N) is 1. The second-order valence-corrected chi connectivity index (χ2v) is 10.1. The van der Waals surface area contributed by atoms with Gasteiger partial charge in [0.25, 0.3) is 15.7 Å². The molecule has 0 radical (unpaired) electrons. The number of ether oxygens (including phenoxy) is 1. The summed E-state index contributed by atoms with van der Waals surface area (Å²) in [5.41, 5.74) is -3.28. The molecule has 0 fully saturated rings. The summed E-state index contributed by atoms with van der Waals surface area (Å²) in [6.45, 7) is 4.15. The highest BCUT2D eigenvalue weighted by molar-refractivity contribution is 7.92. The zero-order chi connectivity index (χ0) is 27.7. The molecule has 0 saturated carbocycles. The lowest BCUT2D eigenvalue weighted by Gasteiger charge is -2.09. The van der Waals surface area contributed by atoms with Crippen molar-refractivity contribution in [3.63, 3.8) is 0 Å². The van der Waals surface area contributed by atoms with Crippen molar-refractivity contribution in [3.05, 3.63) is 77.9 Å². The average molecular weight is 546 g/mol. The summed E-state index contributed by atoms with van der Waals surface area (Å²) < 4.78 is 69.3. The van der Waals surface area contributed by atoms with Gasteiger partial charge in [0.2, 0.25) is 0 Å². The Morgan fingerprint density at radius 2 is 1.68 bits per heavy atom. The molecule has 1 heterocycles. The Labute approximate surface area is 216 Å². The maximum Gasteiger partial charge on any atom is 0.501 e. The van der Waals surface area contributed by atoms with Crippen molar-refractivity contribution in [2.24, 2.45) is 0 Å². The minimum Gasteiger partial charge on any atom is -0.462 e. The number of fused-ring (bicyclic) bond motifs is 1. The highest BCUT2D eigenvalue weighted by Gasteiger charge is 2.47. The van der Waals surface area contributed by atoms with Crippen LogP contribution in [0.3, 0.4) is 0 Å². The highest BCUT2D eigenvalue weighted by Crippen LogP contribution is 2.33. The van der Waals surface area contributed by atoms with Crippen LogP contribution in [0, 0.1) is 0 Å². The predicted molar refractivity (Wildman–Crippen MR) is 134 cm³/mol. The number of nitrogens with zero attached hydrogens (tertiary/aromatic N) is 2. The summed E-state index contributed by atoms with van der Waals surface area (Å²) in [4.78, 5) is 28.2. The van der Waals surface area contributed by atoms with Crippen molar-refractivity contribution >= 4 is 38.4 Å². The Morgan fingerprint density at radius 1 is 0.974 bits per heavy atom. The molecular weight excluding hydrogens is 523 g/mol. The molecule has 4 rings (SSSR count). The van der Waals surface area contributed by atoms with Crippen molar-refractivity contribution in [2.75, 3.05) is 11.9 Å². The number of amides is 1. The number of alkyl halides is 3. The van der Waals surface area contributed by atoms with Gasteiger partial charge in [-0.2, -0.15) is 13.2 Å². The average Bonchev–Trinajstić information content (AvgIpc) is 3.26. The van der Waals surface area contributed by atoms with E-state index in [2.05, 4.69) is 10.3 Å². The van der Waals surface area contributed by atoms with Crippen molar-refractivity contribution in [1.82, 2.24) is 9.55 Å². The largest absolute Gasteiger partial charge is 0.501 e. The number of imidazole rings is 1. The number of hydrogen-bond donors (Lipinski definition) is 1. The molecule has 1 aromatic heterocycles. The molecule has 0 saturated heterocycles. The Kier molecular flexibility index (Phi) is 7.27. The van der Waals surface area contributed by atoms with Crippen LogP contribution in [-0.4, -0.2) is 42.0 Å². The molecule has 0 aliphatic heterocycles. The number of sulfone groups is 1. The Balaban J connectivity index is 1.60. The number of halogens is 3. The summed E-state index contributed by atoms with van der Waals surface area (Å²) in [7, 11) is -5.51. The fourth-order valence-electron chi connectivity index (χ4n) is 3.86. The topological polar surface area (TPSA) is 107 Å². The first-order valence-corrected chi connectivity index (χ1v) is 12.9. The van der Waals surface area contributed by atoms with Gasteiger partial charge < -0.3 is 14.6 Å². The molecule has 0 aliphatic rings. The van der Waals surface area contributed by atoms with E-state index in [1.165, 1.54) is 12.1 Å². The summed E-state index contributed by atoms with van der Waals surface area (Å²) >= 11 is 0. The second-order valence-electron chi connectivity index (χ2n) is 8.11. The molecule has 4 aromatic rings. The molecule has 12 heteroatoms. The van der Waals surface area contributed by atoms with Crippen LogP contribution in [0.15, 0.2) is 71.6 Å². The van der Waals surface area contributed by atoms with Crippen LogP contribution in [-0.2, 0) is 21.1 Å². The standard InChI is InChI=1S/C26H22F3N3O5S/c1-3-32-22-13-12-20(38(35,36)26(27,28)29)15-21(22)31-23(32)16-8-10-17(11-9-16)24(33)30-19-7-5-6-18(14-19)25(34)37-4-2/h5-15H,3-4H2,1-2H3,(H,30,33). The van der Waals surface area contributed by atoms with Gasteiger partial charge in [-0.05, 0) is 62.4 Å². The normalized spacial score (nSPS) is 11.9. The lowest BCUT2D eigenvalue weighted by molar-refractivity contribution is -0.0436. The lowest BCUT2D eigenvalue weighted by Crippen LogP contribution is -2.23. The summed E-state index contributed by atoms with van der Waals surface area (Å²) in [5, 5.41) is 2.72. The van der Waals surface area contributed by atoms with Crippen molar-refractivity contribution in [3.8, 4) is 11.4 Å². The maximum absolute atomic E-state index is 13.0. The van der Waals surface area contributed by atoms with E-state index in [1.54, 1.807) is 54.0 Å².